The molecule has 2 bridgehead atoms. The Morgan fingerprint density at radius 2 is 2.12 bits per heavy atom. The first kappa shape index (κ1) is 15.4. The van der Waals surface area contributed by atoms with Gasteiger partial charge in [0.15, 0.2) is 0 Å². The lowest BCUT2D eigenvalue weighted by atomic mass is 9.86. The number of hydrogen-bond donors (Lipinski definition) is 1. The maximum Gasteiger partial charge on any atom is 0.269 e. The highest BCUT2D eigenvalue weighted by Crippen LogP contribution is 2.49. The summed E-state index contributed by atoms with van der Waals surface area (Å²) in [6, 6.07) is 7.40. The van der Waals surface area contributed by atoms with Gasteiger partial charge in [0.05, 0.1) is 17.2 Å². The van der Waals surface area contributed by atoms with Crippen LogP contribution in [0.15, 0.2) is 35.3 Å². The molecule has 0 radical (unpaired) electrons. The molecule has 5 nitrogen and oxygen atoms in total. The first-order chi connectivity index (χ1) is 11.7. The Bertz CT molecular complexity index is 814. The smallest absolute Gasteiger partial charge is 0.269 e. The SMILES string of the molecule is O=C(Cn1c(=O)cnc2ccccc21)NCC[C@@H]1C[C@H]2CC[C@H]1C2. The average molecular weight is 325 g/mol. The van der Waals surface area contributed by atoms with Crippen LogP contribution in [0.3, 0.4) is 0 Å². The minimum absolute atomic E-state index is 0.0542. The first-order valence-electron chi connectivity index (χ1n) is 8.92. The van der Waals surface area contributed by atoms with Crippen LogP contribution in [0.4, 0.5) is 0 Å². The number of carbonyl (C=O) groups excluding carboxylic acids is 1. The molecule has 2 saturated carbocycles. The number of aromatic nitrogens is 2. The van der Waals surface area contributed by atoms with E-state index in [-0.39, 0.29) is 18.0 Å². The third-order valence-corrected chi connectivity index (χ3v) is 5.78. The predicted molar refractivity (Wildman–Crippen MR) is 92.6 cm³/mol. The summed E-state index contributed by atoms with van der Waals surface area (Å²) in [4.78, 5) is 28.4. The standard InChI is InChI=1S/C19H23N3O2/c23-18(20-8-7-15-10-13-5-6-14(15)9-13)12-22-17-4-2-1-3-16(17)21-11-19(22)24/h1-4,11,13-15H,5-10,12H2,(H,20,23)/t13-,14-,15+/m0/s1. The van der Waals surface area contributed by atoms with E-state index in [1.54, 1.807) is 0 Å². The van der Waals surface area contributed by atoms with Gasteiger partial charge in [-0.05, 0) is 55.6 Å². The van der Waals surface area contributed by atoms with Gasteiger partial charge < -0.3 is 5.32 Å². The fourth-order valence-corrected chi connectivity index (χ4v) is 4.60. The second kappa shape index (κ2) is 6.38. The third-order valence-electron chi connectivity index (χ3n) is 5.78. The quantitative estimate of drug-likeness (QED) is 0.918. The molecule has 4 rings (SSSR count). The summed E-state index contributed by atoms with van der Waals surface area (Å²) in [6.45, 7) is 0.767. The van der Waals surface area contributed by atoms with Gasteiger partial charge in [-0.25, -0.2) is 4.98 Å². The van der Waals surface area contributed by atoms with Gasteiger partial charge in [-0.1, -0.05) is 18.6 Å². The normalized spacial score (nSPS) is 25.2. The molecule has 5 heteroatoms. The maximum atomic E-state index is 12.3. The summed E-state index contributed by atoms with van der Waals surface area (Å²) < 4.78 is 1.50. The lowest BCUT2D eigenvalue weighted by Gasteiger charge is -2.21. The zero-order valence-electron chi connectivity index (χ0n) is 13.8. The molecule has 24 heavy (non-hydrogen) atoms. The van der Waals surface area contributed by atoms with Crippen molar-refractivity contribution in [1.82, 2.24) is 14.9 Å². The van der Waals surface area contributed by atoms with Gasteiger partial charge >= 0.3 is 0 Å². The van der Waals surface area contributed by atoms with E-state index in [0.717, 1.165) is 29.7 Å². The van der Waals surface area contributed by atoms with Crippen LogP contribution in [-0.2, 0) is 11.3 Å². The van der Waals surface area contributed by atoms with Crippen molar-refractivity contribution in [2.75, 3.05) is 6.54 Å². The Labute approximate surface area is 141 Å². The van der Waals surface area contributed by atoms with Crippen LogP contribution in [-0.4, -0.2) is 22.0 Å². The molecule has 1 aromatic heterocycles. The number of nitrogens with one attached hydrogen (secondary N) is 1. The van der Waals surface area contributed by atoms with Gasteiger partial charge in [0.1, 0.15) is 6.54 Å². The topological polar surface area (TPSA) is 64.0 Å². The lowest BCUT2D eigenvalue weighted by Crippen LogP contribution is -2.33. The number of para-hydroxylation sites is 2. The van der Waals surface area contributed by atoms with Crippen molar-refractivity contribution >= 4 is 16.9 Å². The van der Waals surface area contributed by atoms with Crippen molar-refractivity contribution in [2.45, 2.75) is 38.6 Å². The van der Waals surface area contributed by atoms with E-state index in [2.05, 4.69) is 10.3 Å². The zero-order valence-corrected chi connectivity index (χ0v) is 13.8. The first-order valence-corrected chi connectivity index (χ1v) is 8.92. The molecule has 1 amide bonds. The number of nitrogens with zero attached hydrogens (tertiary/aromatic N) is 2. The molecule has 0 spiro atoms. The second-order valence-electron chi connectivity index (χ2n) is 7.24. The molecule has 1 heterocycles. The largest absolute Gasteiger partial charge is 0.355 e. The van der Waals surface area contributed by atoms with Crippen molar-refractivity contribution < 1.29 is 4.79 Å². The highest BCUT2D eigenvalue weighted by Gasteiger charge is 2.38. The Balaban J connectivity index is 1.36. The lowest BCUT2D eigenvalue weighted by molar-refractivity contribution is -0.121. The Morgan fingerprint density at radius 3 is 2.92 bits per heavy atom. The summed E-state index contributed by atoms with van der Waals surface area (Å²) in [6.07, 6.45) is 7.88. The Kier molecular flexibility index (Phi) is 4.08. The molecule has 2 fully saturated rings. The molecule has 0 unspecified atom stereocenters. The van der Waals surface area contributed by atoms with Crippen LogP contribution in [0.5, 0.6) is 0 Å². The summed E-state index contributed by atoms with van der Waals surface area (Å²) in [5.41, 5.74) is 1.19. The fourth-order valence-electron chi connectivity index (χ4n) is 4.60. The molecule has 1 N–H and O–H groups in total. The number of carbonyl (C=O) groups is 1. The van der Waals surface area contributed by atoms with Gasteiger partial charge in [-0.2, -0.15) is 0 Å². The van der Waals surface area contributed by atoms with E-state index >= 15 is 0 Å². The van der Waals surface area contributed by atoms with Gasteiger partial charge in [0.25, 0.3) is 5.56 Å². The highest BCUT2D eigenvalue weighted by atomic mass is 16.2. The number of hydrogen-bond acceptors (Lipinski definition) is 3. The number of amides is 1. The maximum absolute atomic E-state index is 12.3. The van der Waals surface area contributed by atoms with Crippen molar-refractivity contribution in [1.29, 1.82) is 0 Å². The van der Waals surface area contributed by atoms with Crippen LogP contribution in [0, 0.1) is 17.8 Å². The molecule has 2 aliphatic rings. The van der Waals surface area contributed by atoms with E-state index in [9.17, 15) is 9.59 Å². The zero-order chi connectivity index (χ0) is 16.5. The van der Waals surface area contributed by atoms with Crippen molar-refractivity contribution in [2.24, 2.45) is 17.8 Å². The average Bonchev–Trinajstić information content (AvgIpc) is 3.20. The molecular formula is C19H23N3O2. The molecule has 0 aliphatic heterocycles. The third kappa shape index (κ3) is 2.95. The predicted octanol–water partition coefficient (Wildman–Crippen LogP) is 2.34. The van der Waals surface area contributed by atoms with Crippen molar-refractivity contribution in [3.8, 4) is 0 Å². The highest BCUT2D eigenvalue weighted by molar-refractivity contribution is 5.79. The van der Waals surface area contributed by atoms with E-state index in [0.29, 0.717) is 12.1 Å². The molecular weight excluding hydrogens is 302 g/mol. The second-order valence-corrected chi connectivity index (χ2v) is 7.24. The Hall–Kier alpha value is -2.17. The number of rotatable bonds is 5. The number of fused-ring (bicyclic) bond motifs is 3. The summed E-state index contributed by atoms with van der Waals surface area (Å²) in [5, 5.41) is 2.99. The van der Waals surface area contributed by atoms with Crippen LogP contribution < -0.4 is 10.9 Å². The van der Waals surface area contributed by atoms with E-state index < -0.39 is 0 Å². The van der Waals surface area contributed by atoms with Crippen molar-refractivity contribution in [3.05, 3.63) is 40.8 Å². The minimum atomic E-state index is -0.239. The summed E-state index contributed by atoms with van der Waals surface area (Å²) in [5.74, 6) is 2.52. The number of benzene rings is 1. The van der Waals surface area contributed by atoms with E-state index in [1.165, 1.54) is 36.4 Å². The van der Waals surface area contributed by atoms with Crippen LogP contribution in [0.2, 0.25) is 0 Å². The molecule has 126 valence electrons. The molecule has 3 atom stereocenters. The Morgan fingerprint density at radius 1 is 1.25 bits per heavy atom. The molecule has 2 aliphatic carbocycles. The molecule has 1 aromatic carbocycles. The van der Waals surface area contributed by atoms with Gasteiger partial charge in [0, 0.05) is 6.54 Å². The van der Waals surface area contributed by atoms with Gasteiger partial charge in [-0.3, -0.25) is 14.2 Å². The van der Waals surface area contributed by atoms with Crippen LogP contribution >= 0.6 is 0 Å². The minimum Gasteiger partial charge on any atom is -0.355 e. The monoisotopic (exact) mass is 325 g/mol. The summed E-state index contributed by atoms with van der Waals surface area (Å²) in [7, 11) is 0. The van der Waals surface area contributed by atoms with Crippen LogP contribution in [0.1, 0.15) is 32.1 Å². The van der Waals surface area contributed by atoms with Gasteiger partial charge in [0.2, 0.25) is 5.91 Å². The fraction of sp³-hybridized carbons (Fsp3) is 0.526. The van der Waals surface area contributed by atoms with Crippen molar-refractivity contribution in [3.63, 3.8) is 0 Å². The molecule has 2 aromatic rings. The summed E-state index contributed by atoms with van der Waals surface area (Å²) >= 11 is 0. The van der Waals surface area contributed by atoms with Gasteiger partial charge in [-0.15, -0.1) is 0 Å². The molecule has 0 saturated heterocycles. The van der Waals surface area contributed by atoms with E-state index in [1.807, 2.05) is 24.3 Å². The van der Waals surface area contributed by atoms with E-state index in [4.69, 9.17) is 0 Å². The van der Waals surface area contributed by atoms with Crippen LogP contribution in [0.25, 0.3) is 11.0 Å².